The second-order valence-electron chi connectivity index (χ2n) is 18.3. The zero-order chi connectivity index (χ0) is 51.7. The number of aliphatic carboxylic acids is 1. The van der Waals surface area contributed by atoms with E-state index in [1.807, 2.05) is 152 Å². The number of benzene rings is 6. The highest BCUT2D eigenvalue weighted by Crippen LogP contribution is 2.22. The van der Waals surface area contributed by atoms with Crippen LogP contribution < -0.4 is 31.3 Å². The molecule has 2 aliphatic rings. The Morgan fingerprint density at radius 2 is 1.03 bits per heavy atom. The second kappa shape index (κ2) is 25.5. The molecular formula is C60H58N6O8. The van der Waals surface area contributed by atoms with Gasteiger partial charge >= 0.3 is 5.97 Å². The molecule has 2 bridgehead atoms. The van der Waals surface area contributed by atoms with Gasteiger partial charge in [-0.05, 0) is 100 Å². The molecule has 2 aliphatic heterocycles. The number of amides is 5. The average molecular weight is 991 g/mol. The smallest absolute Gasteiger partial charge is 0.326 e. The fraction of sp³-hybridized carbons (Fsp3) is 0.217. The second-order valence-corrected chi connectivity index (χ2v) is 18.3. The summed E-state index contributed by atoms with van der Waals surface area (Å²) in [4.78, 5) is 89.0. The molecule has 0 saturated heterocycles. The molecule has 3 heterocycles. The van der Waals surface area contributed by atoms with E-state index in [9.17, 15) is 33.9 Å². The number of pyridine rings is 1. The maximum Gasteiger partial charge on any atom is 0.326 e. The van der Waals surface area contributed by atoms with Crippen LogP contribution in [0.4, 0.5) is 0 Å². The van der Waals surface area contributed by atoms with E-state index in [4.69, 9.17) is 4.74 Å². The van der Waals surface area contributed by atoms with Gasteiger partial charge < -0.3 is 36.4 Å². The number of carboxylic acid groups (broad SMARTS) is 1. The van der Waals surface area contributed by atoms with E-state index in [2.05, 4.69) is 31.6 Å². The monoisotopic (exact) mass is 990 g/mol. The van der Waals surface area contributed by atoms with Gasteiger partial charge in [0.25, 0.3) is 5.91 Å². The lowest BCUT2D eigenvalue weighted by Gasteiger charge is -2.27. The van der Waals surface area contributed by atoms with Gasteiger partial charge in [-0.15, -0.1) is 0 Å². The zero-order valence-corrected chi connectivity index (χ0v) is 40.7. The van der Waals surface area contributed by atoms with E-state index in [1.54, 1.807) is 36.7 Å². The maximum absolute atomic E-state index is 14.9. The molecule has 0 aliphatic carbocycles. The molecule has 0 fully saturated rings. The molecule has 0 saturated carbocycles. The predicted octanol–water partition coefficient (Wildman–Crippen LogP) is 6.61. The molecule has 6 aromatic carbocycles. The summed E-state index contributed by atoms with van der Waals surface area (Å²) in [6, 6.07) is 47.8. The van der Waals surface area contributed by atoms with Crippen LogP contribution in [0.25, 0.3) is 22.3 Å². The first-order valence-corrected chi connectivity index (χ1v) is 24.7. The van der Waals surface area contributed by atoms with Crippen molar-refractivity contribution in [2.45, 2.75) is 75.2 Å². The van der Waals surface area contributed by atoms with Crippen LogP contribution in [0.1, 0.15) is 40.7 Å². The first-order chi connectivity index (χ1) is 36.0. The number of carbonyl (C=O) groups is 6. The number of hydrogen-bond acceptors (Lipinski definition) is 8. The van der Waals surface area contributed by atoms with E-state index >= 15 is 0 Å². The Balaban J connectivity index is 1.11. The number of carboxylic acids is 1. The SMILES string of the molecule is O=C1COc2ccc(cc2)CC(C(=O)NC(CCc2ccccc2)C(=O)O)NC(=O)C(CCc2ccccc2)NC(=O)C(Cc2ccc(-c3ccccc3)cc2)NC(=O)C(Cc2ccc(-c3ccncc3)cc2)N1. The summed E-state index contributed by atoms with van der Waals surface area (Å²) in [6.45, 7) is -0.453. The number of fused-ring (bicyclic) bond motifs is 16. The highest BCUT2D eigenvalue weighted by molar-refractivity contribution is 5.96. The van der Waals surface area contributed by atoms with E-state index in [0.29, 0.717) is 29.7 Å². The van der Waals surface area contributed by atoms with Crippen molar-refractivity contribution in [3.05, 3.63) is 216 Å². The first kappa shape index (κ1) is 51.4. The predicted molar refractivity (Wildman–Crippen MR) is 281 cm³/mol. The Hall–Kier alpha value is -8.91. The maximum atomic E-state index is 14.9. The Bertz CT molecular complexity index is 2980. The van der Waals surface area contributed by atoms with Gasteiger partial charge in [0.15, 0.2) is 6.61 Å². The number of nitrogens with zero attached hydrogens (tertiary/aromatic N) is 1. The molecule has 7 aromatic rings. The fourth-order valence-electron chi connectivity index (χ4n) is 8.81. The molecule has 1 aromatic heterocycles. The van der Waals surface area contributed by atoms with Crippen molar-refractivity contribution in [3.63, 3.8) is 0 Å². The van der Waals surface area contributed by atoms with E-state index in [1.165, 1.54) is 0 Å². The van der Waals surface area contributed by atoms with Crippen LogP contribution in [0.2, 0.25) is 0 Å². The summed E-state index contributed by atoms with van der Waals surface area (Å²) >= 11 is 0. The van der Waals surface area contributed by atoms with E-state index in [0.717, 1.165) is 38.9 Å². The van der Waals surface area contributed by atoms with Gasteiger partial charge in [-0.1, -0.05) is 152 Å². The Morgan fingerprint density at radius 1 is 0.541 bits per heavy atom. The van der Waals surface area contributed by atoms with Gasteiger partial charge in [0.2, 0.25) is 23.6 Å². The molecule has 14 nitrogen and oxygen atoms in total. The van der Waals surface area contributed by atoms with Crippen molar-refractivity contribution in [1.82, 2.24) is 31.6 Å². The van der Waals surface area contributed by atoms with Gasteiger partial charge in [-0.2, -0.15) is 0 Å². The summed E-state index contributed by atoms with van der Waals surface area (Å²) in [6.07, 6.45) is 4.31. The summed E-state index contributed by atoms with van der Waals surface area (Å²) < 4.78 is 5.88. The fourth-order valence-corrected chi connectivity index (χ4v) is 8.81. The van der Waals surface area contributed by atoms with Crippen LogP contribution in [-0.2, 0) is 60.9 Å². The van der Waals surface area contributed by atoms with Gasteiger partial charge in [-0.25, -0.2) is 4.79 Å². The molecule has 74 heavy (non-hydrogen) atoms. The minimum atomic E-state index is -1.30. The number of ether oxygens (including phenoxy) is 1. The van der Waals surface area contributed by atoms with Crippen molar-refractivity contribution in [3.8, 4) is 28.0 Å². The first-order valence-electron chi connectivity index (χ1n) is 24.7. The standard InChI is InChI=1S/C60H58N6O8/c67-55-39-74-49-28-20-44(21-29-49)38-54(59(71)64-51(60(72)73)31-23-41-12-6-2-7-13-41)65-56(68)50(30-22-40-10-4-1-5-11-40)63-58(70)53(37-43-16-24-46(25-17-43)45-14-8-3-9-15-45)66-57(69)52(62-55)36-42-18-26-47(27-19-42)48-32-34-61-35-33-48/h1-21,24-29,32-35,50-54H,22-23,30-31,36-39H2,(H,62,67)(H,63,70)(H,64,71)(H,65,68)(H,66,69)(H,72,73). The summed E-state index contributed by atoms with van der Waals surface area (Å²) in [5.74, 6) is -4.28. The highest BCUT2D eigenvalue weighted by Gasteiger charge is 2.33. The van der Waals surface area contributed by atoms with Crippen molar-refractivity contribution in [2.75, 3.05) is 6.61 Å². The summed E-state index contributed by atoms with van der Waals surface area (Å²) in [7, 11) is 0. The van der Waals surface area contributed by atoms with Crippen LogP contribution in [0.15, 0.2) is 188 Å². The van der Waals surface area contributed by atoms with Gasteiger partial charge in [-0.3, -0.25) is 29.0 Å². The Morgan fingerprint density at radius 3 is 1.59 bits per heavy atom. The van der Waals surface area contributed by atoms with Crippen molar-refractivity contribution >= 4 is 35.5 Å². The molecule has 5 unspecified atom stereocenters. The number of hydrogen-bond donors (Lipinski definition) is 6. The number of rotatable bonds is 15. The molecule has 14 heteroatoms. The molecule has 0 radical (unpaired) electrons. The van der Waals surface area contributed by atoms with E-state index in [-0.39, 0.29) is 32.1 Å². The lowest BCUT2D eigenvalue weighted by molar-refractivity contribution is -0.142. The molecule has 5 amide bonds. The number of aryl methyl sites for hydroxylation is 2. The molecule has 376 valence electrons. The number of carbonyl (C=O) groups excluding carboxylic acids is 5. The van der Waals surface area contributed by atoms with Crippen molar-refractivity contribution in [1.29, 1.82) is 0 Å². The lowest BCUT2D eigenvalue weighted by atomic mass is 9.98. The third kappa shape index (κ3) is 14.8. The van der Waals surface area contributed by atoms with Crippen molar-refractivity contribution in [2.24, 2.45) is 0 Å². The lowest BCUT2D eigenvalue weighted by Crippen LogP contribution is -2.59. The van der Waals surface area contributed by atoms with Gasteiger partial charge in [0.05, 0.1) is 0 Å². The molecule has 5 atom stereocenters. The number of aromatic nitrogens is 1. The Labute approximate surface area is 430 Å². The Kier molecular flexibility index (Phi) is 17.7. The van der Waals surface area contributed by atoms with Crippen molar-refractivity contribution < 1.29 is 38.6 Å². The van der Waals surface area contributed by atoms with Crippen LogP contribution in [0.5, 0.6) is 5.75 Å². The quantitative estimate of drug-likeness (QED) is 0.0611. The van der Waals surface area contributed by atoms with Crippen LogP contribution in [0.3, 0.4) is 0 Å². The number of nitrogens with one attached hydrogen (secondary N) is 5. The minimum absolute atomic E-state index is 0.00262. The third-order valence-electron chi connectivity index (χ3n) is 12.9. The molecule has 6 N–H and O–H groups in total. The van der Waals surface area contributed by atoms with Crippen LogP contribution in [0, 0.1) is 0 Å². The molecule has 9 rings (SSSR count). The zero-order valence-electron chi connectivity index (χ0n) is 40.7. The normalized spacial score (nSPS) is 17.9. The average Bonchev–Trinajstić information content (AvgIpc) is 3.43. The summed E-state index contributed by atoms with van der Waals surface area (Å²) in [5, 5.41) is 24.4. The van der Waals surface area contributed by atoms with E-state index < -0.39 is 72.3 Å². The third-order valence-corrected chi connectivity index (χ3v) is 12.9. The topological polar surface area (TPSA) is 205 Å². The summed E-state index contributed by atoms with van der Waals surface area (Å²) in [5.41, 5.74) is 7.64. The largest absolute Gasteiger partial charge is 0.484 e. The minimum Gasteiger partial charge on any atom is -0.484 e. The molecule has 0 spiro atoms. The highest BCUT2D eigenvalue weighted by atomic mass is 16.5. The van der Waals surface area contributed by atoms with Gasteiger partial charge in [0, 0.05) is 31.7 Å². The molecular weight excluding hydrogens is 933 g/mol. The van der Waals surface area contributed by atoms with Gasteiger partial charge in [0.1, 0.15) is 36.0 Å². The van der Waals surface area contributed by atoms with Crippen LogP contribution >= 0.6 is 0 Å². The van der Waals surface area contributed by atoms with Crippen LogP contribution in [-0.4, -0.2) is 82.4 Å².